The van der Waals surface area contributed by atoms with E-state index in [0.29, 0.717) is 41.3 Å². The number of ether oxygens (including phenoxy) is 1. The van der Waals surface area contributed by atoms with Gasteiger partial charge in [0.25, 0.3) is 0 Å². The third kappa shape index (κ3) is 6.59. The Kier molecular flexibility index (Phi) is 7.98. The third-order valence-corrected chi connectivity index (χ3v) is 7.06. The Morgan fingerprint density at radius 2 is 1.92 bits per heavy atom. The predicted molar refractivity (Wildman–Crippen MR) is 150 cm³/mol. The molecule has 2 heterocycles. The highest BCUT2D eigenvalue weighted by Crippen LogP contribution is 2.29. The molecule has 0 amide bonds. The second-order valence-corrected chi connectivity index (χ2v) is 10.9. The van der Waals surface area contributed by atoms with Crippen LogP contribution in [0.25, 0.3) is 11.1 Å². The van der Waals surface area contributed by atoms with E-state index < -0.39 is 9.73 Å². The summed E-state index contributed by atoms with van der Waals surface area (Å²) in [5, 5.41) is 14.4. The number of allylic oxidation sites excluding steroid dienone is 1. The van der Waals surface area contributed by atoms with Crippen LogP contribution in [0.15, 0.2) is 75.8 Å². The first-order valence-electron chi connectivity index (χ1n) is 12.0. The summed E-state index contributed by atoms with van der Waals surface area (Å²) in [7, 11) is -2.84. The van der Waals surface area contributed by atoms with Crippen molar-refractivity contribution in [3.8, 4) is 16.9 Å². The van der Waals surface area contributed by atoms with E-state index in [2.05, 4.69) is 20.6 Å². The van der Waals surface area contributed by atoms with Crippen LogP contribution in [0.4, 0.5) is 17.5 Å². The van der Waals surface area contributed by atoms with E-state index in [-0.39, 0.29) is 0 Å². The predicted octanol–water partition coefficient (Wildman–Crippen LogP) is 5.89. The fraction of sp³-hybridized carbons (Fsp3) is 0.259. The van der Waals surface area contributed by atoms with E-state index in [1.54, 1.807) is 30.6 Å². The van der Waals surface area contributed by atoms with E-state index in [1.165, 1.54) is 6.26 Å². The van der Waals surface area contributed by atoms with Gasteiger partial charge in [0.15, 0.2) is 0 Å². The summed E-state index contributed by atoms with van der Waals surface area (Å²) in [6.45, 7) is 5.15. The maximum Gasteiger partial charge on any atom is 0.229 e. The lowest BCUT2D eigenvalue weighted by molar-refractivity contribution is 0.340. The number of nitrogens with one attached hydrogen (secondary N) is 4. The van der Waals surface area contributed by atoms with Crippen molar-refractivity contribution in [2.75, 3.05) is 30.0 Å². The van der Waals surface area contributed by atoms with Crippen molar-refractivity contribution < 1.29 is 8.95 Å². The molecular formula is C27H31N7O2S. The number of aromatic nitrogens is 2. The van der Waals surface area contributed by atoms with E-state index in [1.807, 2.05) is 44.2 Å². The summed E-state index contributed by atoms with van der Waals surface area (Å²) < 4.78 is 25.6. The molecule has 4 rings (SSSR count). The number of benzene rings is 2. The fourth-order valence-electron chi connectivity index (χ4n) is 3.86. The summed E-state index contributed by atoms with van der Waals surface area (Å²) in [6, 6.07) is 14.7. The second kappa shape index (κ2) is 11.3. The summed E-state index contributed by atoms with van der Waals surface area (Å²) in [6.07, 6.45) is 6.60. The molecule has 0 aliphatic carbocycles. The van der Waals surface area contributed by atoms with Crippen LogP contribution in [0.2, 0.25) is 0 Å². The van der Waals surface area contributed by atoms with E-state index >= 15 is 0 Å². The fourth-order valence-corrected chi connectivity index (χ4v) is 4.55. The molecule has 9 nitrogen and oxygen atoms in total. The molecule has 1 aliphatic rings. The molecule has 4 N–H and O–H groups in total. The standard InChI is InChI=1S/C27H31N7O2S/c1-4-36-22-12-10-19(11-13-22)24-17-32-27(33-21-8-5-9-23(15-21)37(3,29)35)34-26(24)30-14-6-7-20-16-31-25(28)18(20)2/h5,8-13,15-17,28-29H,4,6-7,14H2,1-3H3,(H2,30,32,33,34)/t37-/m1/s1. The largest absolute Gasteiger partial charge is 0.494 e. The lowest BCUT2D eigenvalue weighted by atomic mass is 10.1. The van der Waals surface area contributed by atoms with E-state index in [4.69, 9.17) is 19.9 Å². The zero-order chi connectivity index (χ0) is 26.4. The van der Waals surface area contributed by atoms with E-state index in [9.17, 15) is 4.21 Å². The van der Waals surface area contributed by atoms with Gasteiger partial charge in [-0.3, -0.25) is 5.41 Å². The summed E-state index contributed by atoms with van der Waals surface area (Å²) in [4.78, 5) is 13.8. The molecule has 0 spiro atoms. The van der Waals surface area contributed by atoms with E-state index in [0.717, 1.165) is 40.9 Å². The highest BCUT2D eigenvalue weighted by molar-refractivity contribution is 7.91. The van der Waals surface area contributed by atoms with Crippen LogP contribution in [0.5, 0.6) is 5.75 Å². The van der Waals surface area contributed by atoms with Crippen molar-refractivity contribution >= 4 is 39.2 Å². The van der Waals surface area contributed by atoms with Crippen LogP contribution in [0, 0.1) is 10.2 Å². The Morgan fingerprint density at radius 3 is 2.59 bits per heavy atom. The first-order chi connectivity index (χ1) is 17.7. The van der Waals surface area contributed by atoms with Crippen LogP contribution in [-0.2, 0) is 9.73 Å². The molecule has 37 heavy (non-hydrogen) atoms. The summed E-state index contributed by atoms with van der Waals surface area (Å²) >= 11 is 0. The van der Waals surface area contributed by atoms with Crippen LogP contribution >= 0.6 is 0 Å². The monoisotopic (exact) mass is 517 g/mol. The van der Waals surface area contributed by atoms with Gasteiger partial charge in [-0.2, -0.15) is 4.98 Å². The molecule has 10 heteroatoms. The Labute approximate surface area is 217 Å². The van der Waals surface area contributed by atoms with Crippen molar-refractivity contribution in [2.24, 2.45) is 4.99 Å². The normalized spacial score (nSPS) is 14.5. The van der Waals surface area contributed by atoms with Gasteiger partial charge in [-0.25, -0.2) is 19.0 Å². The molecule has 1 atom stereocenters. The quantitative estimate of drug-likeness (QED) is 0.234. The van der Waals surface area contributed by atoms with Gasteiger partial charge in [0.2, 0.25) is 5.95 Å². The number of nitrogens with zero attached hydrogens (tertiary/aromatic N) is 3. The molecule has 192 valence electrons. The lowest BCUT2D eigenvalue weighted by Gasteiger charge is -2.14. The first-order valence-corrected chi connectivity index (χ1v) is 14.0. The highest BCUT2D eigenvalue weighted by atomic mass is 32.2. The van der Waals surface area contributed by atoms with Gasteiger partial charge in [0, 0.05) is 41.4 Å². The smallest absolute Gasteiger partial charge is 0.229 e. The number of hydrogen-bond donors (Lipinski definition) is 4. The van der Waals surface area contributed by atoms with Crippen LogP contribution in [0.1, 0.15) is 26.7 Å². The van der Waals surface area contributed by atoms with Gasteiger partial charge in [-0.1, -0.05) is 18.2 Å². The summed E-state index contributed by atoms with van der Waals surface area (Å²) in [5.41, 5.74) is 4.48. The van der Waals surface area contributed by atoms with Crippen LogP contribution < -0.4 is 15.4 Å². The first kappa shape index (κ1) is 26.0. The molecule has 0 saturated heterocycles. The minimum atomic E-state index is -2.84. The molecule has 1 aliphatic heterocycles. The highest BCUT2D eigenvalue weighted by Gasteiger charge is 2.13. The Morgan fingerprint density at radius 1 is 1.14 bits per heavy atom. The number of rotatable bonds is 11. The molecule has 0 fully saturated rings. The maximum absolute atomic E-state index is 12.2. The van der Waals surface area contributed by atoms with Crippen molar-refractivity contribution in [1.29, 1.82) is 10.2 Å². The van der Waals surface area contributed by atoms with Gasteiger partial charge < -0.3 is 15.4 Å². The molecule has 2 aromatic carbocycles. The molecule has 0 saturated carbocycles. The van der Waals surface area contributed by atoms with Crippen molar-refractivity contribution in [2.45, 2.75) is 31.6 Å². The number of hydrogen-bond acceptors (Lipinski definition) is 8. The second-order valence-electron chi connectivity index (χ2n) is 8.70. The molecule has 0 unspecified atom stereocenters. The SMILES string of the molecule is CCOc1ccc(-c2cnc(Nc3cccc([S@](C)(=N)=O)c3)nc2NCCCC2=C(C)C(=N)N=C2)cc1. The zero-order valence-corrected chi connectivity index (χ0v) is 22.0. The molecule has 3 aromatic rings. The average molecular weight is 518 g/mol. The summed E-state index contributed by atoms with van der Waals surface area (Å²) in [5.74, 6) is 2.20. The molecule has 0 bridgehead atoms. The topological polar surface area (TPSA) is 136 Å². The van der Waals surface area contributed by atoms with Gasteiger partial charge in [0.05, 0.1) is 16.3 Å². The molecular weight excluding hydrogens is 486 g/mol. The molecule has 1 aromatic heterocycles. The van der Waals surface area contributed by atoms with Gasteiger partial charge in [-0.05, 0) is 73.7 Å². The maximum atomic E-state index is 12.2. The van der Waals surface area contributed by atoms with Crippen molar-refractivity contribution in [3.63, 3.8) is 0 Å². The number of anilines is 3. The van der Waals surface area contributed by atoms with Crippen LogP contribution in [0.3, 0.4) is 0 Å². The van der Waals surface area contributed by atoms with Gasteiger partial charge in [-0.15, -0.1) is 0 Å². The lowest BCUT2D eigenvalue weighted by Crippen LogP contribution is -2.08. The minimum Gasteiger partial charge on any atom is -0.494 e. The van der Waals surface area contributed by atoms with Crippen molar-refractivity contribution in [1.82, 2.24) is 9.97 Å². The zero-order valence-electron chi connectivity index (χ0n) is 21.2. The number of aliphatic imine (C=N–C) groups is 1. The van der Waals surface area contributed by atoms with Crippen molar-refractivity contribution in [3.05, 3.63) is 65.9 Å². The Hall–Kier alpha value is -4.05. The van der Waals surface area contributed by atoms with Gasteiger partial charge in [0.1, 0.15) is 17.4 Å². The Bertz CT molecular complexity index is 1460. The number of amidine groups is 1. The molecule has 0 radical (unpaired) electrons. The average Bonchev–Trinajstić information content (AvgIpc) is 3.19. The Balaban J connectivity index is 1.56. The van der Waals surface area contributed by atoms with Gasteiger partial charge >= 0.3 is 0 Å². The third-order valence-electron chi connectivity index (χ3n) is 5.91. The minimum absolute atomic E-state index is 0.334. The van der Waals surface area contributed by atoms with Crippen LogP contribution in [-0.4, -0.2) is 45.6 Å².